The summed E-state index contributed by atoms with van der Waals surface area (Å²) < 4.78 is 4.87. The smallest absolute Gasteiger partial charge is 0.358 e. The molecule has 98 valence electrons. The molecule has 1 aromatic rings. The van der Waals surface area contributed by atoms with Gasteiger partial charge in [-0.2, -0.15) is 0 Å². The molecule has 18 heavy (non-hydrogen) atoms. The van der Waals surface area contributed by atoms with Crippen LogP contribution < -0.4 is 5.32 Å². The van der Waals surface area contributed by atoms with Crippen molar-refractivity contribution in [3.05, 3.63) is 17.5 Å². The van der Waals surface area contributed by atoms with E-state index in [1.165, 1.54) is 6.07 Å². The van der Waals surface area contributed by atoms with E-state index in [-0.39, 0.29) is 18.1 Å². The van der Waals surface area contributed by atoms with Crippen molar-refractivity contribution in [3.8, 4) is 0 Å². The van der Waals surface area contributed by atoms with Crippen LogP contribution in [0.25, 0.3) is 0 Å². The third-order valence-corrected chi connectivity index (χ3v) is 2.56. The van der Waals surface area contributed by atoms with E-state index in [9.17, 15) is 9.59 Å². The van der Waals surface area contributed by atoms with Crippen molar-refractivity contribution in [1.29, 1.82) is 0 Å². The molecule has 0 bridgehead atoms. The number of carbonyl (C=O) groups is 2. The van der Waals surface area contributed by atoms with Crippen LogP contribution in [0.5, 0.6) is 0 Å². The fourth-order valence-electron chi connectivity index (χ4n) is 1.56. The van der Waals surface area contributed by atoms with Crippen LogP contribution in [-0.4, -0.2) is 46.7 Å². The predicted molar refractivity (Wildman–Crippen MR) is 61.0 cm³/mol. The molecule has 2 N–H and O–H groups in total. The summed E-state index contributed by atoms with van der Waals surface area (Å²) >= 11 is 0. The lowest BCUT2D eigenvalue weighted by Gasteiger charge is -2.13. The maximum atomic E-state index is 11.5. The van der Waals surface area contributed by atoms with E-state index in [4.69, 9.17) is 9.63 Å². The number of carboxylic acids is 1. The molecule has 7 nitrogen and oxygen atoms in total. The SMILES string of the molecule is CN(CC(=O)NC1CC1)Cc1cc(C(=O)O)no1. The van der Waals surface area contributed by atoms with Crippen molar-refractivity contribution in [3.63, 3.8) is 0 Å². The standard InChI is InChI=1S/C11H15N3O4/c1-14(6-10(15)12-7-2-3-7)5-8-4-9(11(16)17)13-18-8/h4,7H,2-3,5-6H2,1H3,(H,12,15)(H,16,17). The average Bonchev–Trinajstić information content (AvgIpc) is 2.93. The van der Waals surface area contributed by atoms with Crippen molar-refractivity contribution in [2.45, 2.75) is 25.4 Å². The van der Waals surface area contributed by atoms with Crippen molar-refractivity contribution in [2.75, 3.05) is 13.6 Å². The fourth-order valence-corrected chi connectivity index (χ4v) is 1.56. The van der Waals surface area contributed by atoms with Crippen LogP contribution in [0.1, 0.15) is 29.1 Å². The lowest BCUT2D eigenvalue weighted by molar-refractivity contribution is -0.122. The normalized spacial score (nSPS) is 14.8. The van der Waals surface area contributed by atoms with Crippen LogP contribution in [0.15, 0.2) is 10.6 Å². The lowest BCUT2D eigenvalue weighted by Crippen LogP contribution is -2.35. The van der Waals surface area contributed by atoms with Gasteiger partial charge in [0, 0.05) is 12.1 Å². The largest absolute Gasteiger partial charge is 0.476 e. The van der Waals surface area contributed by atoms with Gasteiger partial charge in [0.05, 0.1) is 13.1 Å². The summed E-state index contributed by atoms with van der Waals surface area (Å²) in [4.78, 5) is 23.9. The quantitative estimate of drug-likeness (QED) is 0.745. The first kappa shape index (κ1) is 12.6. The first-order chi connectivity index (χ1) is 8.54. The number of hydrogen-bond donors (Lipinski definition) is 2. The van der Waals surface area contributed by atoms with E-state index >= 15 is 0 Å². The summed E-state index contributed by atoms with van der Waals surface area (Å²) in [7, 11) is 1.76. The maximum Gasteiger partial charge on any atom is 0.358 e. The second-order valence-electron chi connectivity index (χ2n) is 4.50. The Morgan fingerprint density at radius 1 is 1.61 bits per heavy atom. The molecule has 1 fully saturated rings. The molecular formula is C11H15N3O4. The van der Waals surface area contributed by atoms with Gasteiger partial charge in [-0.15, -0.1) is 0 Å². The highest BCUT2D eigenvalue weighted by molar-refractivity contribution is 5.85. The van der Waals surface area contributed by atoms with Gasteiger partial charge in [-0.1, -0.05) is 5.16 Å². The van der Waals surface area contributed by atoms with Gasteiger partial charge >= 0.3 is 5.97 Å². The lowest BCUT2D eigenvalue weighted by atomic mass is 10.3. The highest BCUT2D eigenvalue weighted by Crippen LogP contribution is 2.18. The Balaban J connectivity index is 1.79. The summed E-state index contributed by atoms with van der Waals surface area (Å²) in [6, 6.07) is 1.70. The monoisotopic (exact) mass is 253 g/mol. The van der Waals surface area contributed by atoms with Gasteiger partial charge in [0.15, 0.2) is 11.5 Å². The summed E-state index contributed by atoms with van der Waals surface area (Å²) in [5, 5.41) is 15.0. The fraction of sp³-hybridized carbons (Fsp3) is 0.545. The molecule has 0 aliphatic heterocycles. The van der Waals surface area contributed by atoms with Crippen LogP contribution >= 0.6 is 0 Å². The number of carbonyl (C=O) groups excluding carboxylic acids is 1. The van der Waals surface area contributed by atoms with Crippen LogP contribution in [0.3, 0.4) is 0 Å². The van der Waals surface area contributed by atoms with E-state index < -0.39 is 5.97 Å². The Bertz CT molecular complexity index is 453. The number of carboxylic acid groups (broad SMARTS) is 1. The first-order valence-electron chi connectivity index (χ1n) is 5.71. The Morgan fingerprint density at radius 3 is 2.89 bits per heavy atom. The van der Waals surface area contributed by atoms with Gasteiger partial charge in [0.2, 0.25) is 5.91 Å². The molecule has 0 spiro atoms. The number of nitrogens with one attached hydrogen (secondary N) is 1. The van der Waals surface area contributed by atoms with Gasteiger partial charge in [-0.05, 0) is 19.9 Å². The third-order valence-electron chi connectivity index (χ3n) is 2.56. The zero-order valence-corrected chi connectivity index (χ0v) is 10.0. The minimum absolute atomic E-state index is 0.0297. The number of rotatable bonds is 6. The summed E-state index contributed by atoms with van der Waals surface area (Å²) in [5.74, 6) is -0.730. The van der Waals surface area contributed by atoms with E-state index in [0.717, 1.165) is 12.8 Å². The van der Waals surface area contributed by atoms with Gasteiger partial charge in [0.25, 0.3) is 0 Å². The van der Waals surface area contributed by atoms with Crippen molar-refractivity contribution < 1.29 is 19.2 Å². The number of likely N-dealkylation sites (N-methyl/N-ethyl adjacent to an activating group) is 1. The molecule has 0 aromatic carbocycles. The molecular weight excluding hydrogens is 238 g/mol. The van der Waals surface area contributed by atoms with Crippen molar-refractivity contribution in [1.82, 2.24) is 15.4 Å². The maximum absolute atomic E-state index is 11.5. The molecule has 0 unspecified atom stereocenters. The molecule has 0 radical (unpaired) electrons. The van der Waals surface area contributed by atoms with E-state index in [1.54, 1.807) is 11.9 Å². The third kappa shape index (κ3) is 3.56. The van der Waals surface area contributed by atoms with Crippen molar-refractivity contribution >= 4 is 11.9 Å². The molecule has 1 aliphatic rings. The Kier molecular flexibility index (Phi) is 3.61. The average molecular weight is 253 g/mol. The number of nitrogens with zero attached hydrogens (tertiary/aromatic N) is 2. The predicted octanol–water partition coefficient (Wildman–Crippen LogP) is 0.0832. The molecule has 2 rings (SSSR count). The molecule has 1 aliphatic carbocycles. The number of aromatic nitrogens is 1. The second-order valence-corrected chi connectivity index (χ2v) is 4.50. The Labute approximate surface area is 104 Å². The molecule has 7 heteroatoms. The highest BCUT2D eigenvalue weighted by atomic mass is 16.5. The molecule has 0 saturated heterocycles. The van der Waals surface area contributed by atoms with Crippen LogP contribution in [0, 0.1) is 0 Å². The van der Waals surface area contributed by atoms with Gasteiger partial charge in [-0.3, -0.25) is 9.69 Å². The molecule has 0 atom stereocenters. The summed E-state index contributed by atoms with van der Waals surface area (Å²) in [6.07, 6.45) is 2.11. The summed E-state index contributed by atoms with van der Waals surface area (Å²) in [6.45, 7) is 0.595. The zero-order chi connectivity index (χ0) is 13.1. The molecule has 1 heterocycles. The van der Waals surface area contributed by atoms with Crippen LogP contribution in [0.2, 0.25) is 0 Å². The Morgan fingerprint density at radius 2 is 2.33 bits per heavy atom. The molecule has 1 saturated carbocycles. The first-order valence-corrected chi connectivity index (χ1v) is 5.71. The summed E-state index contributed by atoms with van der Waals surface area (Å²) in [5.41, 5.74) is -0.124. The van der Waals surface area contributed by atoms with Gasteiger partial charge in [0.1, 0.15) is 0 Å². The van der Waals surface area contributed by atoms with Crippen LogP contribution in [0.4, 0.5) is 0 Å². The van der Waals surface area contributed by atoms with Crippen LogP contribution in [-0.2, 0) is 11.3 Å². The van der Waals surface area contributed by atoms with Crippen molar-refractivity contribution in [2.24, 2.45) is 0 Å². The molecule has 1 aromatic heterocycles. The molecule has 1 amide bonds. The zero-order valence-electron chi connectivity index (χ0n) is 10.0. The second kappa shape index (κ2) is 5.18. The van der Waals surface area contributed by atoms with E-state index in [0.29, 0.717) is 18.3 Å². The minimum Gasteiger partial charge on any atom is -0.476 e. The topological polar surface area (TPSA) is 95.7 Å². The number of aromatic carboxylic acids is 1. The Hall–Kier alpha value is -1.89. The van der Waals surface area contributed by atoms with Gasteiger partial charge < -0.3 is 14.9 Å². The van der Waals surface area contributed by atoms with Gasteiger partial charge in [-0.25, -0.2) is 4.79 Å². The minimum atomic E-state index is -1.13. The highest BCUT2D eigenvalue weighted by Gasteiger charge is 2.23. The number of hydrogen-bond acceptors (Lipinski definition) is 5. The van der Waals surface area contributed by atoms with E-state index in [2.05, 4.69) is 10.5 Å². The van der Waals surface area contributed by atoms with E-state index in [1.807, 2.05) is 0 Å². The number of amides is 1.